The molecule has 0 radical (unpaired) electrons. The largest absolute Gasteiger partial charge is 0.497 e. The Kier molecular flexibility index (Phi) is 4.36. The Morgan fingerprint density at radius 1 is 1.33 bits per heavy atom. The third-order valence-corrected chi connectivity index (χ3v) is 4.53. The predicted octanol–water partition coefficient (Wildman–Crippen LogP) is 3.57. The number of aryl methyl sites for hydroxylation is 1. The highest BCUT2D eigenvalue weighted by atomic mass is 35.5. The number of hydrogen-bond acceptors (Lipinski definition) is 3. The number of hydrogen-bond donors (Lipinski definition) is 0. The number of alkyl halides is 1. The lowest BCUT2D eigenvalue weighted by molar-refractivity contribution is 0.0753. The van der Waals surface area contributed by atoms with E-state index in [9.17, 15) is 0 Å². The van der Waals surface area contributed by atoms with Crippen molar-refractivity contribution in [2.24, 2.45) is 0 Å². The third kappa shape index (κ3) is 2.62. The summed E-state index contributed by atoms with van der Waals surface area (Å²) in [5.74, 6) is 2.47. The van der Waals surface area contributed by atoms with Crippen LogP contribution in [0.1, 0.15) is 31.1 Å². The van der Waals surface area contributed by atoms with Crippen molar-refractivity contribution < 1.29 is 9.47 Å². The second kappa shape index (κ2) is 6.24. The molecule has 21 heavy (non-hydrogen) atoms. The fraction of sp³-hybridized carbons (Fsp3) is 0.562. The zero-order chi connectivity index (χ0) is 14.8. The standard InChI is InChI=1S/C16H21ClN2O2/c1-20-11-6-7-12-14(10-11)19(16(18-12)8-9-17)13-4-3-5-15(13)21-2/h6-7,10,13,15H,3-5,8-9H2,1-2H3. The van der Waals surface area contributed by atoms with Gasteiger partial charge in [-0.1, -0.05) is 0 Å². The summed E-state index contributed by atoms with van der Waals surface area (Å²) in [5.41, 5.74) is 2.11. The smallest absolute Gasteiger partial charge is 0.121 e. The van der Waals surface area contributed by atoms with Crippen molar-refractivity contribution in [1.82, 2.24) is 9.55 Å². The van der Waals surface area contributed by atoms with Crippen molar-refractivity contribution >= 4 is 22.6 Å². The number of fused-ring (bicyclic) bond motifs is 1. The summed E-state index contributed by atoms with van der Waals surface area (Å²) in [6.07, 6.45) is 4.43. The minimum absolute atomic E-state index is 0.252. The van der Waals surface area contributed by atoms with Gasteiger partial charge in [-0.25, -0.2) is 4.98 Å². The molecule has 0 spiro atoms. The number of ether oxygens (including phenoxy) is 2. The van der Waals surface area contributed by atoms with Gasteiger partial charge in [0.1, 0.15) is 11.6 Å². The lowest BCUT2D eigenvalue weighted by atomic mass is 10.2. The van der Waals surface area contributed by atoms with Gasteiger partial charge >= 0.3 is 0 Å². The van der Waals surface area contributed by atoms with E-state index in [0.29, 0.717) is 11.9 Å². The van der Waals surface area contributed by atoms with Crippen LogP contribution in [0.25, 0.3) is 11.0 Å². The van der Waals surface area contributed by atoms with Crippen molar-refractivity contribution in [1.29, 1.82) is 0 Å². The minimum Gasteiger partial charge on any atom is -0.497 e. The van der Waals surface area contributed by atoms with Gasteiger partial charge in [0.25, 0.3) is 0 Å². The minimum atomic E-state index is 0.252. The van der Waals surface area contributed by atoms with E-state index in [4.69, 9.17) is 26.1 Å². The Morgan fingerprint density at radius 2 is 2.19 bits per heavy atom. The van der Waals surface area contributed by atoms with Crippen molar-refractivity contribution in [3.63, 3.8) is 0 Å². The summed E-state index contributed by atoms with van der Waals surface area (Å²) in [6.45, 7) is 0. The maximum Gasteiger partial charge on any atom is 0.121 e. The van der Waals surface area contributed by atoms with Crippen LogP contribution in [0.4, 0.5) is 0 Å². The topological polar surface area (TPSA) is 36.3 Å². The summed E-state index contributed by atoms with van der Waals surface area (Å²) < 4.78 is 13.4. The maximum atomic E-state index is 5.96. The molecule has 2 atom stereocenters. The third-order valence-electron chi connectivity index (χ3n) is 4.34. The van der Waals surface area contributed by atoms with Crippen LogP contribution < -0.4 is 4.74 Å². The molecule has 2 unspecified atom stereocenters. The second-order valence-electron chi connectivity index (χ2n) is 5.46. The van der Waals surface area contributed by atoms with Crippen molar-refractivity contribution in [3.05, 3.63) is 24.0 Å². The maximum absolute atomic E-state index is 5.96. The van der Waals surface area contributed by atoms with E-state index in [-0.39, 0.29) is 6.10 Å². The highest BCUT2D eigenvalue weighted by Crippen LogP contribution is 2.36. The zero-order valence-electron chi connectivity index (χ0n) is 12.5. The summed E-state index contributed by atoms with van der Waals surface area (Å²) in [5, 5.41) is 0. The van der Waals surface area contributed by atoms with E-state index in [1.165, 1.54) is 6.42 Å². The Hall–Kier alpha value is -1.26. The van der Waals surface area contributed by atoms with Gasteiger partial charge in [-0.2, -0.15) is 0 Å². The average Bonchev–Trinajstić information content (AvgIpc) is 3.09. The summed E-state index contributed by atoms with van der Waals surface area (Å²) >= 11 is 5.96. The van der Waals surface area contributed by atoms with Gasteiger partial charge in [0, 0.05) is 25.5 Å². The number of nitrogens with zero attached hydrogens (tertiary/aromatic N) is 2. The van der Waals surface area contributed by atoms with Crippen LogP contribution in [0.3, 0.4) is 0 Å². The molecular weight excluding hydrogens is 288 g/mol. The van der Waals surface area contributed by atoms with E-state index >= 15 is 0 Å². The molecule has 0 amide bonds. The van der Waals surface area contributed by atoms with Gasteiger partial charge in [0.15, 0.2) is 0 Å². The van der Waals surface area contributed by atoms with E-state index in [1.807, 2.05) is 12.1 Å². The molecule has 1 saturated carbocycles. The molecule has 2 aromatic rings. The van der Waals surface area contributed by atoms with Crippen LogP contribution in [0.15, 0.2) is 18.2 Å². The molecule has 0 bridgehead atoms. The summed E-state index contributed by atoms with van der Waals surface area (Å²) in [4.78, 5) is 4.76. The molecule has 0 aliphatic heterocycles. The molecule has 4 nitrogen and oxygen atoms in total. The Labute approximate surface area is 130 Å². The summed E-state index contributed by atoms with van der Waals surface area (Å²) in [7, 11) is 3.49. The van der Waals surface area contributed by atoms with Gasteiger partial charge < -0.3 is 14.0 Å². The molecule has 0 saturated heterocycles. The van der Waals surface area contributed by atoms with E-state index in [0.717, 1.165) is 41.9 Å². The van der Waals surface area contributed by atoms with Crippen LogP contribution in [0.5, 0.6) is 5.75 Å². The number of imidazole rings is 1. The van der Waals surface area contributed by atoms with Crippen molar-refractivity contribution in [2.45, 2.75) is 37.8 Å². The molecule has 114 valence electrons. The fourth-order valence-electron chi connectivity index (χ4n) is 3.36. The molecule has 1 aromatic heterocycles. The molecule has 5 heteroatoms. The van der Waals surface area contributed by atoms with Gasteiger partial charge in [-0.15, -0.1) is 11.6 Å². The highest BCUT2D eigenvalue weighted by molar-refractivity contribution is 6.17. The van der Waals surface area contributed by atoms with Crippen LogP contribution in [-0.4, -0.2) is 35.8 Å². The second-order valence-corrected chi connectivity index (χ2v) is 5.84. The first kappa shape index (κ1) is 14.7. The van der Waals surface area contributed by atoms with Crippen LogP contribution >= 0.6 is 11.6 Å². The van der Waals surface area contributed by atoms with Gasteiger partial charge in [-0.05, 0) is 31.4 Å². The number of benzene rings is 1. The number of methoxy groups -OCH3 is 2. The lowest BCUT2D eigenvalue weighted by Crippen LogP contribution is -2.22. The monoisotopic (exact) mass is 308 g/mol. The predicted molar refractivity (Wildman–Crippen MR) is 84.4 cm³/mol. The number of aromatic nitrogens is 2. The first-order chi connectivity index (χ1) is 10.3. The lowest BCUT2D eigenvalue weighted by Gasteiger charge is -2.22. The fourth-order valence-corrected chi connectivity index (χ4v) is 3.53. The van der Waals surface area contributed by atoms with Gasteiger partial charge in [0.2, 0.25) is 0 Å². The summed E-state index contributed by atoms with van der Waals surface area (Å²) in [6, 6.07) is 6.36. The molecule has 1 aliphatic carbocycles. The van der Waals surface area contributed by atoms with Gasteiger partial charge in [0.05, 0.1) is 30.3 Å². The zero-order valence-corrected chi connectivity index (χ0v) is 13.3. The molecule has 0 N–H and O–H groups in total. The molecule has 1 aromatic carbocycles. The quantitative estimate of drug-likeness (QED) is 0.792. The van der Waals surface area contributed by atoms with Crippen LogP contribution in [-0.2, 0) is 11.2 Å². The Bertz CT molecular complexity index is 626. The Balaban J connectivity index is 2.14. The van der Waals surface area contributed by atoms with E-state index < -0.39 is 0 Å². The molecule has 1 fully saturated rings. The van der Waals surface area contributed by atoms with Gasteiger partial charge in [-0.3, -0.25) is 0 Å². The van der Waals surface area contributed by atoms with Crippen molar-refractivity contribution in [2.75, 3.05) is 20.1 Å². The number of halogens is 1. The van der Waals surface area contributed by atoms with Crippen LogP contribution in [0, 0.1) is 0 Å². The SMILES string of the molecule is COc1ccc2nc(CCCl)n(C3CCCC3OC)c2c1. The first-order valence-electron chi connectivity index (χ1n) is 7.42. The normalized spacial score (nSPS) is 22.0. The highest BCUT2D eigenvalue weighted by Gasteiger charge is 2.31. The van der Waals surface area contributed by atoms with E-state index in [2.05, 4.69) is 10.6 Å². The molecule has 3 rings (SSSR count). The number of rotatable bonds is 5. The van der Waals surface area contributed by atoms with Crippen LogP contribution in [0.2, 0.25) is 0 Å². The Morgan fingerprint density at radius 3 is 2.90 bits per heavy atom. The molecule has 1 heterocycles. The first-order valence-corrected chi connectivity index (χ1v) is 7.95. The van der Waals surface area contributed by atoms with E-state index in [1.54, 1.807) is 14.2 Å². The molecular formula is C16H21ClN2O2. The van der Waals surface area contributed by atoms with Crippen molar-refractivity contribution in [3.8, 4) is 5.75 Å². The molecule has 1 aliphatic rings. The average molecular weight is 309 g/mol.